The Labute approximate surface area is 163 Å². The van der Waals surface area contributed by atoms with Gasteiger partial charge < -0.3 is 14.6 Å². The minimum absolute atomic E-state index is 0.168. The van der Waals surface area contributed by atoms with Crippen LogP contribution in [-0.2, 0) is 0 Å². The molecule has 0 radical (unpaired) electrons. The lowest BCUT2D eigenvalue weighted by Crippen LogP contribution is -2.16. The molecule has 0 spiro atoms. The Kier molecular flexibility index (Phi) is 4.89. The van der Waals surface area contributed by atoms with Crippen molar-refractivity contribution in [2.45, 2.75) is 0 Å². The Balaban J connectivity index is 1.55. The van der Waals surface area contributed by atoms with Crippen LogP contribution < -0.4 is 10.2 Å². The molecule has 4 rings (SSSR count). The van der Waals surface area contributed by atoms with E-state index in [0.29, 0.717) is 11.3 Å². The number of rotatable bonds is 5. The average Bonchev–Trinajstić information content (AvgIpc) is 3.29. The molecular weight excluding hydrogens is 350 g/mol. The molecule has 28 heavy (non-hydrogen) atoms. The number of hydrogen-bond donors (Lipinski definition) is 1. The van der Waals surface area contributed by atoms with Crippen LogP contribution in [0, 0.1) is 0 Å². The van der Waals surface area contributed by atoms with Gasteiger partial charge in [-0.3, -0.25) is 4.79 Å². The summed E-state index contributed by atoms with van der Waals surface area (Å²) in [7, 11) is 1.98. The summed E-state index contributed by atoms with van der Waals surface area (Å²) in [4.78, 5) is 18.7. The van der Waals surface area contributed by atoms with Crippen LogP contribution in [0.1, 0.15) is 10.4 Å². The van der Waals surface area contributed by atoms with E-state index in [9.17, 15) is 4.79 Å². The first-order chi connectivity index (χ1) is 13.7. The van der Waals surface area contributed by atoms with E-state index in [1.54, 1.807) is 18.3 Å². The fourth-order valence-electron chi connectivity index (χ4n) is 3.00. The molecule has 138 valence electrons. The molecule has 1 aromatic heterocycles. The molecule has 4 aromatic rings. The molecule has 0 saturated carbocycles. The van der Waals surface area contributed by atoms with E-state index in [1.807, 2.05) is 78.7 Å². The smallest absolute Gasteiger partial charge is 0.255 e. The van der Waals surface area contributed by atoms with Gasteiger partial charge in [0.2, 0.25) is 0 Å². The highest BCUT2D eigenvalue weighted by Crippen LogP contribution is 2.31. The van der Waals surface area contributed by atoms with Crippen LogP contribution in [-0.4, -0.2) is 17.9 Å². The maximum Gasteiger partial charge on any atom is 0.255 e. The predicted molar refractivity (Wildman–Crippen MR) is 111 cm³/mol. The molecule has 5 nitrogen and oxygen atoms in total. The number of anilines is 3. The molecule has 3 aromatic carbocycles. The van der Waals surface area contributed by atoms with Crippen LogP contribution in [0.25, 0.3) is 11.3 Å². The van der Waals surface area contributed by atoms with Crippen molar-refractivity contribution in [1.82, 2.24) is 4.98 Å². The topological polar surface area (TPSA) is 58.4 Å². The van der Waals surface area contributed by atoms with Crippen molar-refractivity contribution >= 4 is 23.0 Å². The molecule has 0 fully saturated rings. The number of aromatic nitrogens is 1. The van der Waals surface area contributed by atoms with Gasteiger partial charge in [-0.15, -0.1) is 0 Å². The zero-order valence-corrected chi connectivity index (χ0v) is 15.4. The minimum atomic E-state index is -0.168. The fraction of sp³-hybridized carbons (Fsp3) is 0.0435. The van der Waals surface area contributed by atoms with Crippen molar-refractivity contribution in [3.8, 4) is 11.3 Å². The molecule has 0 aliphatic heterocycles. The van der Waals surface area contributed by atoms with Crippen molar-refractivity contribution in [1.29, 1.82) is 0 Å². The monoisotopic (exact) mass is 369 g/mol. The zero-order chi connectivity index (χ0) is 19.3. The van der Waals surface area contributed by atoms with Gasteiger partial charge in [-0.25, -0.2) is 4.98 Å². The number of para-hydroxylation sites is 3. The lowest BCUT2D eigenvalue weighted by Gasteiger charge is -2.22. The van der Waals surface area contributed by atoms with Crippen LogP contribution in [0.4, 0.5) is 17.1 Å². The number of nitrogens with zero attached hydrogens (tertiary/aromatic N) is 2. The highest BCUT2D eigenvalue weighted by atomic mass is 16.3. The van der Waals surface area contributed by atoms with Gasteiger partial charge in [0.15, 0.2) is 12.2 Å². The first kappa shape index (κ1) is 17.5. The van der Waals surface area contributed by atoms with E-state index in [2.05, 4.69) is 10.3 Å². The number of hydrogen-bond acceptors (Lipinski definition) is 4. The largest absolute Gasteiger partial charge is 0.444 e. The Hall–Kier alpha value is -3.86. The van der Waals surface area contributed by atoms with Crippen molar-refractivity contribution in [2.24, 2.45) is 0 Å². The highest BCUT2D eigenvalue weighted by Gasteiger charge is 2.13. The summed E-state index contributed by atoms with van der Waals surface area (Å²) in [5.41, 5.74) is 4.15. The molecule has 0 aliphatic carbocycles. The summed E-state index contributed by atoms with van der Waals surface area (Å²) >= 11 is 0. The molecule has 5 heteroatoms. The SMILES string of the molecule is CN(c1ccccc1)c1ccccc1NC(=O)c1ccc(-c2cnco2)cc1. The Morgan fingerprint density at radius 2 is 1.64 bits per heavy atom. The summed E-state index contributed by atoms with van der Waals surface area (Å²) in [6.07, 6.45) is 3.03. The summed E-state index contributed by atoms with van der Waals surface area (Å²) in [6.45, 7) is 0. The summed E-state index contributed by atoms with van der Waals surface area (Å²) in [6, 6.07) is 25.0. The van der Waals surface area contributed by atoms with E-state index in [1.165, 1.54) is 6.39 Å². The van der Waals surface area contributed by atoms with Crippen molar-refractivity contribution in [3.05, 3.63) is 97.0 Å². The van der Waals surface area contributed by atoms with Gasteiger partial charge in [0.1, 0.15) is 0 Å². The van der Waals surface area contributed by atoms with Gasteiger partial charge in [0.25, 0.3) is 5.91 Å². The van der Waals surface area contributed by atoms with Crippen LogP contribution in [0.3, 0.4) is 0 Å². The molecular formula is C23H19N3O2. The number of benzene rings is 3. The third-order valence-corrected chi connectivity index (χ3v) is 4.52. The molecule has 0 saturated heterocycles. The lowest BCUT2D eigenvalue weighted by molar-refractivity contribution is 0.102. The third kappa shape index (κ3) is 3.64. The first-order valence-corrected chi connectivity index (χ1v) is 8.90. The summed E-state index contributed by atoms with van der Waals surface area (Å²) in [5.74, 6) is 0.500. The second-order valence-electron chi connectivity index (χ2n) is 6.31. The molecule has 0 atom stereocenters. The molecule has 1 N–H and O–H groups in total. The molecule has 1 amide bonds. The van der Waals surface area contributed by atoms with E-state index in [4.69, 9.17) is 4.42 Å². The number of carbonyl (C=O) groups excluding carboxylic acids is 1. The first-order valence-electron chi connectivity index (χ1n) is 8.90. The lowest BCUT2D eigenvalue weighted by atomic mass is 10.1. The highest BCUT2D eigenvalue weighted by molar-refractivity contribution is 6.06. The molecule has 1 heterocycles. The minimum Gasteiger partial charge on any atom is -0.444 e. The second-order valence-corrected chi connectivity index (χ2v) is 6.31. The van der Waals surface area contributed by atoms with Gasteiger partial charge in [-0.1, -0.05) is 42.5 Å². The van der Waals surface area contributed by atoms with Crippen LogP contribution >= 0.6 is 0 Å². The fourth-order valence-corrected chi connectivity index (χ4v) is 3.00. The van der Waals surface area contributed by atoms with Crippen LogP contribution in [0.5, 0.6) is 0 Å². The Bertz CT molecular complexity index is 1060. The Morgan fingerprint density at radius 3 is 2.36 bits per heavy atom. The third-order valence-electron chi connectivity index (χ3n) is 4.52. The van der Waals surface area contributed by atoms with Gasteiger partial charge in [-0.2, -0.15) is 0 Å². The summed E-state index contributed by atoms with van der Waals surface area (Å²) in [5, 5.41) is 3.02. The number of carbonyl (C=O) groups is 1. The van der Waals surface area contributed by atoms with E-state index in [0.717, 1.165) is 22.6 Å². The molecule has 0 aliphatic rings. The van der Waals surface area contributed by atoms with Crippen LogP contribution in [0.15, 0.2) is 95.9 Å². The maximum absolute atomic E-state index is 12.8. The quantitative estimate of drug-likeness (QED) is 0.514. The van der Waals surface area contributed by atoms with Crippen molar-refractivity contribution in [2.75, 3.05) is 17.3 Å². The van der Waals surface area contributed by atoms with Gasteiger partial charge in [0.05, 0.1) is 17.6 Å². The van der Waals surface area contributed by atoms with Crippen molar-refractivity contribution in [3.63, 3.8) is 0 Å². The zero-order valence-electron chi connectivity index (χ0n) is 15.4. The maximum atomic E-state index is 12.8. The Morgan fingerprint density at radius 1 is 0.929 bits per heavy atom. The van der Waals surface area contributed by atoms with Gasteiger partial charge in [0, 0.05) is 23.9 Å². The number of amides is 1. The van der Waals surface area contributed by atoms with Gasteiger partial charge >= 0.3 is 0 Å². The number of oxazole rings is 1. The summed E-state index contributed by atoms with van der Waals surface area (Å²) < 4.78 is 5.28. The molecule has 0 unspecified atom stereocenters. The van der Waals surface area contributed by atoms with E-state index < -0.39 is 0 Å². The number of nitrogens with one attached hydrogen (secondary N) is 1. The predicted octanol–water partition coefficient (Wildman–Crippen LogP) is 5.36. The standard InChI is InChI=1S/C23H19N3O2/c1-26(19-7-3-2-4-8-19)21-10-6-5-9-20(21)25-23(27)18-13-11-17(12-14-18)22-15-24-16-28-22/h2-16H,1H3,(H,25,27). The second kappa shape index (κ2) is 7.80. The average molecular weight is 369 g/mol. The molecule has 0 bridgehead atoms. The normalized spacial score (nSPS) is 10.5. The van der Waals surface area contributed by atoms with Crippen molar-refractivity contribution < 1.29 is 9.21 Å². The van der Waals surface area contributed by atoms with Gasteiger partial charge in [-0.05, 0) is 36.4 Å². The van der Waals surface area contributed by atoms with Crippen LogP contribution in [0.2, 0.25) is 0 Å². The van der Waals surface area contributed by atoms with E-state index in [-0.39, 0.29) is 5.91 Å². The van der Waals surface area contributed by atoms with E-state index >= 15 is 0 Å².